The van der Waals surface area contributed by atoms with E-state index in [9.17, 15) is 45.6 Å². The van der Waals surface area contributed by atoms with Crippen molar-refractivity contribution in [3.05, 3.63) is 36.5 Å². The molecule has 0 aliphatic carbocycles. The summed E-state index contributed by atoms with van der Waals surface area (Å²) in [7, 11) is 0. The molecule has 2 aliphatic heterocycles. The fraction of sp³-hybridized carbons (Fsp3) is 0.892. The van der Waals surface area contributed by atoms with E-state index in [2.05, 4.69) is 43.5 Å². The van der Waals surface area contributed by atoms with Crippen molar-refractivity contribution in [1.29, 1.82) is 0 Å². The van der Waals surface area contributed by atoms with E-state index in [0.29, 0.717) is 12.8 Å². The number of aliphatic hydroxyl groups is 8. The molecule has 0 saturated carbocycles. The summed E-state index contributed by atoms with van der Waals surface area (Å²) >= 11 is 0. The lowest BCUT2D eigenvalue weighted by Gasteiger charge is -2.46. The lowest BCUT2D eigenvalue weighted by Crippen LogP contribution is -2.65. The van der Waals surface area contributed by atoms with Crippen LogP contribution in [0.3, 0.4) is 0 Å². The molecule has 0 aromatic rings. The normalized spacial score (nSPS) is 24.6. The van der Waals surface area contributed by atoms with E-state index in [1.54, 1.807) is 6.08 Å². The van der Waals surface area contributed by atoms with Crippen molar-refractivity contribution in [3.8, 4) is 0 Å². The molecule has 2 aliphatic rings. The molecule has 0 radical (unpaired) electrons. The second-order valence-corrected chi connectivity index (χ2v) is 23.2. The van der Waals surface area contributed by atoms with Gasteiger partial charge in [-0.15, -0.1) is 0 Å². The zero-order valence-corrected chi connectivity index (χ0v) is 50.1. The molecule has 2 saturated heterocycles. The second-order valence-electron chi connectivity index (χ2n) is 23.2. The van der Waals surface area contributed by atoms with Crippen LogP contribution in [0, 0.1) is 0 Å². The Kier molecular flexibility index (Phi) is 47.0. The number of hydrogen-bond acceptors (Lipinski definition) is 13. The van der Waals surface area contributed by atoms with Gasteiger partial charge in [0.05, 0.1) is 32.0 Å². The highest BCUT2D eigenvalue weighted by Crippen LogP contribution is 2.30. The van der Waals surface area contributed by atoms with Crippen molar-refractivity contribution in [2.75, 3.05) is 19.8 Å². The quantitative estimate of drug-likeness (QED) is 0.0204. The van der Waals surface area contributed by atoms with Gasteiger partial charge in [-0.3, -0.25) is 4.79 Å². The fourth-order valence-electron chi connectivity index (χ4n) is 10.8. The van der Waals surface area contributed by atoms with Gasteiger partial charge in [-0.2, -0.15) is 0 Å². The Balaban J connectivity index is 1.68. The van der Waals surface area contributed by atoms with Gasteiger partial charge < -0.3 is 65.1 Å². The molecule has 12 atom stereocenters. The lowest BCUT2D eigenvalue weighted by atomic mass is 9.97. The van der Waals surface area contributed by atoms with Gasteiger partial charge in [0.15, 0.2) is 12.6 Å². The lowest BCUT2D eigenvalue weighted by molar-refractivity contribution is -0.359. The van der Waals surface area contributed by atoms with Gasteiger partial charge >= 0.3 is 0 Å². The molecule has 2 fully saturated rings. The van der Waals surface area contributed by atoms with Gasteiger partial charge in [-0.1, -0.05) is 262 Å². The first-order valence-corrected chi connectivity index (χ1v) is 32.7. The van der Waals surface area contributed by atoms with Crippen molar-refractivity contribution < 1.29 is 64.6 Å². The van der Waals surface area contributed by atoms with E-state index in [1.165, 1.54) is 199 Å². The Labute approximate surface area is 481 Å². The highest BCUT2D eigenvalue weighted by molar-refractivity contribution is 5.76. The molecule has 0 aromatic heterocycles. The number of carbonyl (C=O) groups is 1. The molecule has 12 unspecified atom stereocenters. The second kappa shape index (κ2) is 50.7. The molecule has 464 valence electrons. The van der Waals surface area contributed by atoms with Gasteiger partial charge in [-0.05, 0) is 44.9 Å². The molecule has 0 spiro atoms. The number of aliphatic hydroxyl groups excluding tert-OH is 8. The molecular weight excluding hydrogens is 1000 g/mol. The molecule has 14 nitrogen and oxygen atoms in total. The first kappa shape index (κ1) is 73.3. The maximum Gasteiger partial charge on any atom is 0.220 e. The Morgan fingerprint density at radius 2 is 0.810 bits per heavy atom. The van der Waals surface area contributed by atoms with Crippen molar-refractivity contribution in [3.63, 3.8) is 0 Å². The van der Waals surface area contributed by atoms with E-state index in [-0.39, 0.29) is 18.9 Å². The van der Waals surface area contributed by atoms with Gasteiger partial charge in [0, 0.05) is 6.42 Å². The molecule has 79 heavy (non-hydrogen) atoms. The number of amides is 1. The van der Waals surface area contributed by atoms with E-state index in [0.717, 1.165) is 44.9 Å². The molecule has 2 rings (SSSR count). The van der Waals surface area contributed by atoms with Crippen LogP contribution in [0.25, 0.3) is 0 Å². The van der Waals surface area contributed by atoms with Crippen LogP contribution in [0.5, 0.6) is 0 Å². The minimum absolute atomic E-state index is 0.251. The third-order valence-electron chi connectivity index (χ3n) is 16.1. The summed E-state index contributed by atoms with van der Waals surface area (Å²) in [4.78, 5) is 13.2. The van der Waals surface area contributed by atoms with Gasteiger partial charge in [-0.25, -0.2) is 0 Å². The highest BCUT2D eigenvalue weighted by Gasteiger charge is 2.51. The number of ether oxygens (including phenoxy) is 4. The summed E-state index contributed by atoms with van der Waals surface area (Å²) < 4.78 is 22.8. The minimum Gasteiger partial charge on any atom is -0.394 e. The van der Waals surface area contributed by atoms with Crippen LogP contribution in [0.2, 0.25) is 0 Å². The largest absolute Gasteiger partial charge is 0.394 e. The van der Waals surface area contributed by atoms with Crippen LogP contribution >= 0.6 is 0 Å². The average Bonchev–Trinajstić information content (AvgIpc) is 3.53. The van der Waals surface area contributed by atoms with Crippen molar-refractivity contribution >= 4 is 5.91 Å². The summed E-state index contributed by atoms with van der Waals surface area (Å²) in [6.45, 7) is 2.79. The maximum atomic E-state index is 13.2. The van der Waals surface area contributed by atoms with Crippen molar-refractivity contribution in [1.82, 2.24) is 5.32 Å². The topological polar surface area (TPSA) is 228 Å². The molecule has 0 bridgehead atoms. The fourth-order valence-corrected chi connectivity index (χ4v) is 10.8. The highest BCUT2D eigenvalue weighted by atomic mass is 16.7. The van der Waals surface area contributed by atoms with E-state index in [1.807, 2.05) is 6.08 Å². The van der Waals surface area contributed by atoms with Crippen LogP contribution in [0.4, 0.5) is 0 Å². The molecular formula is C65H121NO13. The summed E-state index contributed by atoms with van der Waals surface area (Å²) in [6, 6.07) is -0.935. The Morgan fingerprint density at radius 1 is 0.443 bits per heavy atom. The predicted octanol–water partition coefficient (Wildman–Crippen LogP) is 12.2. The van der Waals surface area contributed by atoms with Crippen LogP contribution < -0.4 is 5.32 Å². The van der Waals surface area contributed by atoms with Crippen LogP contribution in [0.1, 0.15) is 277 Å². The summed E-state index contributed by atoms with van der Waals surface area (Å²) in [6.07, 6.45) is 46.5. The molecule has 1 amide bonds. The standard InChI is InChI=1S/C65H121NO13/c1-3-5-7-9-11-13-15-17-18-19-20-21-22-23-24-25-26-27-28-29-30-31-32-33-34-35-37-38-40-42-44-46-48-54(69)53(66-57(70)49-47-45-43-41-39-36-16-14-12-10-8-6-4-2)52-76-64-62(75)60(73)63(56(51-68)78-64)79-65-61(74)59(72)58(71)55(50-67)77-65/h33-34,38,40,46,48,53-56,58-65,67-69,71-75H,3-32,35-37,39,41-45,47,49-52H2,1-2H3,(H,66,70)/b34-33+,40-38+,48-46+. The van der Waals surface area contributed by atoms with E-state index < -0.39 is 86.8 Å². The smallest absolute Gasteiger partial charge is 0.220 e. The molecule has 14 heteroatoms. The third-order valence-corrected chi connectivity index (χ3v) is 16.1. The number of carbonyl (C=O) groups excluding carboxylic acids is 1. The number of nitrogens with one attached hydrogen (secondary N) is 1. The minimum atomic E-state index is -1.79. The van der Waals surface area contributed by atoms with Crippen LogP contribution in [-0.4, -0.2) is 140 Å². The number of allylic oxidation sites excluding steroid dienone is 5. The van der Waals surface area contributed by atoms with Gasteiger partial charge in [0.2, 0.25) is 5.91 Å². The predicted molar refractivity (Wildman–Crippen MR) is 318 cm³/mol. The summed E-state index contributed by atoms with van der Waals surface area (Å²) in [5.41, 5.74) is 0. The van der Waals surface area contributed by atoms with E-state index in [4.69, 9.17) is 18.9 Å². The number of hydrogen-bond donors (Lipinski definition) is 9. The molecule has 2 heterocycles. The first-order valence-electron chi connectivity index (χ1n) is 32.7. The molecule has 9 N–H and O–H groups in total. The summed E-state index contributed by atoms with van der Waals surface area (Å²) in [5.74, 6) is -0.251. The molecule has 0 aromatic carbocycles. The third kappa shape index (κ3) is 35.8. The Hall–Kier alpha value is -1.79. The van der Waals surface area contributed by atoms with Crippen LogP contribution in [-0.2, 0) is 23.7 Å². The number of unbranched alkanes of at least 4 members (excludes halogenated alkanes) is 36. The van der Waals surface area contributed by atoms with Gasteiger partial charge in [0.25, 0.3) is 0 Å². The Morgan fingerprint density at radius 3 is 1.24 bits per heavy atom. The van der Waals surface area contributed by atoms with Gasteiger partial charge in [0.1, 0.15) is 48.8 Å². The van der Waals surface area contributed by atoms with E-state index >= 15 is 0 Å². The maximum absolute atomic E-state index is 13.2. The SMILES string of the molecule is CCCCCCCCCCCCCCCCCCCCCCCC/C=C/CC/C=C/CC/C=C/C(O)C(COC1OC(CO)C(OC2OC(CO)C(O)C(O)C2O)C(O)C1O)NC(=O)CCCCCCCCCCCCCCC. The van der Waals surface area contributed by atoms with Crippen molar-refractivity contribution in [2.45, 2.75) is 351 Å². The Bertz CT molecular complexity index is 1460. The zero-order chi connectivity index (χ0) is 57.4. The number of rotatable bonds is 53. The van der Waals surface area contributed by atoms with Crippen LogP contribution in [0.15, 0.2) is 36.5 Å². The average molecular weight is 1120 g/mol. The monoisotopic (exact) mass is 1120 g/mol. The summed E-state index contributed by atoms with van der Waals surface area (Å²) in [5, 5.41) is 87.1. The zero-order valence-electron chi connectivity index (χ0n) is 50.1. The van der Waals surface area contributed by atoms with Crippen molar-refractivity contribution in [2.24, 2.45) is 0 Å². The first-order chi connectivity index (χ1) is 38.6.